The number of phosphoric acid groups is 2. The Labute approximate surface area is 556 Å². The van der Waals surface area contributed by atoms with Gasteiger partial charge in [-0.15, -0.1) is 0 Å². The van der Waals surface area contributed by atoms with Gasteiger partial charge in [-0.05, 0) is 37.5 Å². The molecular formula is C72H140O17P2. The fourth-order valence-corrected chi connectivity index (χ4v) is 12.5. The molecule has 0 aliphatic carbocycles. The summed E-state index contributed by atoms with van der Waals surface area (Å²) in [6.07, 6.45) is 50.0. The van der Waals surface area contributed by atoms with Crippen LogP contribution >= 0.6 is 15.6 Å². The lowest BCUT2D eigenvalue weighted by molar-refractivity contribution is -0.161. The molecule has 0 saturated heterocycles. The third-order valence-electron chi connectivity index (χ3n) is 16.7. The summed E-state index contributed by atoms with van der Waals surface area (Å²) in [7, 11) is -9.90. The van der Waals surface area contributed by atoms with Gasteiger partial charge in [-0.25, -0.2) is 9.13 Å². The summed E-state index contributed by atoms with van der Waals surface area (Å²) in [6, 6.07) is 0. The maximum Gasteiger partial charge on any atom is 0.472 e. The first-order chi connectivity index (χ1) is 43.9. The van der Waals surface area contributed by atoms with Crippen LogP contribution in [0.2, 0.25) is 0 Å². The SMILES string of the molecule is CCCCCCCCCCCCCCCCCC(=O)OC[C@H](COP(=O)(O)OC[C@@H](O)COP(=O)(O)OC[C@@H](COC(=O)CCCCCCCCCC)OC(=O)CCCCCCCCCCCC(C)C)OC(=O)CCCCCCCCCCCCCCCC(C)C. The van der Waals surface area contributed by atoms with E-state index in [1.54, 1.807) is 0 Å². The van der Waals surface area contributed by atoms with Gasteiger partial charge in [0.2, 0.25) is 0 Å². The molecule has 0 aromatic heterocycles. The second-order valence-corrected chi connectivity index (χ2v) is 29.8. The summed E-state index contributed by atoms with van der Waals surface area (Å²) >= 11 is 0. The van der Waals surface area contributed by atoms with Crippen LogP contribution in [-0.2, 0) is 65.4 Å². The highest BCUT2D eigenvalue weighted by atomic mass is 31.2. The molecule has 0 aliphatic heterocycles. The number of esters is 4. The monoisotopic (exact) mass is 1340 g/mol. The summed E-state index contributed by atoms with van der Waals surface area (Å²) < 4.78 is 68.3. The Hall–Kier alpha value is -1.94. The maximum atomic E-state index is 13.0. The summed E-state index contributed by atoms with van der Waals surface area (Å²) in [4.78, 5) is 72.6. The molecule has 17 nitrogen and oxygen atoms in total. The largest absolute Gasteiger partial charge is 0.472 e. The van der Waals surface area contributed by atoms with Gasteiger partial charge in [-0.2, -0.15) is 0 Å². The predicted octanol–water partition coefficient (Wildman–Crippen LogP) is 20.8. The maximum absolute atomic E-state index is 13.0. The molecule has 5 atom stereocenters. The third-order valence-corrected chi connectivity index (χ3v) is 18.6. The van der Waals surface area contributed by atoms with Crippen LogP contribution in [0.3, 0.4) is 0 Å². The van der Waals surface area contributed by atoms with E-state index < -0.39 is 97.5 Å². The smallest absolute Gasteiger partial charge is 0.462 e. The Kier molecular flexibility index (Phi) is 62.7. The number of hydrogen-bond acceptors (Lipinski definition) is 15. The van der Waals surface area contributed by atoms with Crippen LogP contribution < -0.4 is 0 Å². The van der Waals surface area contributed by atoms with Gasteiger partial charge in [0.1, 0.15) is 19.3 Å². The average molecular weight is 1340 g/mol. The Morgan fingerprint density at radius 2 is 0.505 bits per heavy atom. The topological polar surface area (TPSA) is 237 Å². The molecule has 0 radical (unpaired) electrons. The molecule has 19 heteroatoms. The highest BCUT2D eigenvalue weighted by Gasteiger charge is 2.30. The highest BCUT2D eigenvalue weighted by molar-refractivity contribution is 7.47. The lowest BCUT2D eigenvalue weighted by atomic mass is 10.0. The van der Waals surface area contributed by atoms with E-state index >= 15 is 0 Å². The van der Waals surface area contributed by atoms with Crippen molar-refractivity contribution in [2.24, 2.45) is 11.8 Å². The van der Waals surface area contributed by atoms with Crippen molar-refractivity contribution in [3.05, 3.63) is 0 Å². The van der Waals surface area contributed by atoms with E-state index in [9.17, 15) is 43.2 Å². The van der Waals surface area contributed by atoms with Crippen molar-refractivity contribution in [2.75, 3.05) is 39.6 Å². The van der Waals surface area contributed by atoms with Crippen molar-refractivity contribution >= 4 is 39.5 Å². The minimum atomic E-state index is -4.95. The van der Waals surface area contributed by atoms with Crippen LogP contribution in [0.25, 0.3) is 0 Å². The minimum Gasteiger partial charge on any atom is -0.462 e. The van der Waals surface area contributed by atoms with Crippen LogP contribution in [-0.4, -0.2) is 96.7 Å². The summed E-state index contributed by atoms with van der Waals surface area (Å²) in [5.41, 5.74) is 0. The number of rotatable bonds is 71. The molecule has 0 amide bonds. The van der Waals surface area contributed by atoms with Gasteiger partial charge >= 0.3 is 39.5 Å². The van der Waals surface area contributed by atoms with Crippen LogP contribution in [0.15, 0.2) is 0 Å². The Balaban J connectivity index is 5.22. The molecular weight excluding hydrogens is 1200 g/mol. The van der Waals surface area contributed by atoms with Crippen LogP contribution in [0, 0.1) is 11.8 Å². The van der Waals surface area contributed by atoms with E-state index in [0.717, 1.165) is 108 Å². The van der Waals surface area contributed by atoms with Crippen molar-refractivity contribution in [3.63, 3.8) is 0 Å². The summed E-state index contributed by atoms with van der Waals surface area (Å²) in [5, 5.41) is 10.6. The second kappa shape index (κ2) is 64.1. The Bertz CT molecular complexity index is 1770. The third kappa shape index (κ3) is 66.5. The standard InChI is InChI=1S/C72H140O17P2/c1-7-9-11-13-15-17-18-19-20-23-26-31-37-43-49-55-70(75)83-61-68(88-71(76)56-50-44-38-32-27-24-21-22-25-29-34-40-46-52-64(3)4)63-87-91(80,81)85-59-66(73)58-84-90(78,79)86-62-67(60-82-69(74)54-48-42-36-16-14-12-10-8-2)89-72(77)57-51-45-39-33-28-30-35-41-47-53-65(5)6/h64-68,73H,7-63H2,1-6H3,(H,78,79)(H,80,81)/t66-,67+,68+/m0/s1. The molecule has 3 N–H and O–H groups in total. The molecule has 0 saturated carbocycles. The average Bonchev–Trinajstić information content (AvgIpc) is 3.71. The Morgan fingerprint density at radius 1 is 0.297 bits per heavy atom. The van der Waals surface area contributed by atoms with Gasteiger partial charge < -0.3 is 33.8 Å². The normalized spacial score (nSPS) is 14.1. The number of carbonyl (C=O) groups excluding carboxylic acids is 4. The number of phosphoric ester groups is 2. The molecule has 0 heterocycles. The predicted molar refractivity (Wildman–Crippen MR) is 368 cm³/mol. The molecule has 0 aromatic carbocycles. The van der Waals surface area contributed by atoms with E-state index in [1.165, 1.54) is 180 Å². The highest BCUT2D eigenvalue weighted by Crippen LogP contribution is 2.45. The molecule has 0 bridgehead atoms. The lowest BCUT2D eigenvalue weighted by Crippen LogP contribution is -2.30. The van der Waals surface area contributed by atoms with Crippen LogP contribution in [0.1, 0.15) is 369 Å². The molecule has 540 valence electrons. The number of unbranched alkanes of at least 4 members (excludes halogenated alkanes) is 41. The van der Waals surface area contributed by atoms with Gasteiger partial charge in [0, 0.05) is 25.7 Å². The number of ether oxygens (including phenoxy) is 4. The molecule has 0 aliphatic rings. The zero-order chi connectivity index (χ0) is 67.2. The molecule has 91 heavy (non-hydrogen) atoms. The number of aliphatic hydroxyl groups excluding tert-OH is 1. The first-order valence-electron chi connectivity index (χ1n) is 37.5. The van der Waals surface area contributed by atoms with E-state index in [2.05, 4.69) is 41.5 Å². The molecule has 0 fully saturated rings. The summed E-state index contributed by atoms with van der Waals surface area (Å²) in [5.74, 6) is -0.600. The van der Waals surface area contributed by atoms with Gasteiger partial charge in [0.05, 0.1) is 26.4 Å². The quantitative estimate of drug-likeness (QED) is 0.0222. The van der Waals surface area contributed by atoms with E-state index in [4.69, 9.17) is 37.0 Å². The number of hydrogen-bond donors (Lipinski definition) is 3. The minimum absolute atomic E-state index is 0.105. The zero-order valence-corrected chi connectivity index (χ0v) is 60.9. The van der Waals surface area contributed by atoms with Crippen molar-refractivity contribution in [1.82, 2.24) is 0 Å². The molecule has 0 spiro atoms. The van der Waals surface area contributed by atoms with Gasteiger partial charge in [0.25, 0.3) is 0 Å². The van der Waals surface area contributed by atoms with E-state index in [-0.39, 0.29) is 25.7 Å². The van der Waals surface area contributed by atoms with Gasteiger partial charge in [0.15, 0.2) is 12.2 Å². The van der Waals surface area contributed by atoms with Crippen molar-refractivity contribution < 1.29 is 80.2 Å². The number of carbonyl (C=O) groups is 4. The van der Waals surface area contributed by atoms with E-state index in [0.29, 0.717) is 25.7 Å². The van der Waals surface area contributed by atoms with E-state index in [1.807, 2.05) is 0 Å². The number of aliphatic hydroxyl groups is 1. The Morgan fingerprint density at radius 3 is 0.747 bits per heavy atom. The first kappa shape index (κ1) is 89.1. The zero-order valence-electron chi connectivity index (χ0n) is 59.1. The first-order valence-corrected chi connectivity index (χ1v) is 40.5. The van der Waals surface area contributed by atoms with Crippen molar-refractivity contribution in [2.45, 2.75) is 387 Å². The van der Waals surface area contributed by atoms with Crippen LogP contribution in [0.4, 0.5) is 0 Å². The van der Waals surface area contributed by atoms with Crippen LogP contribution in [0.5, 0.6) is 0 Å². The van der Waals surface area contributed by atoms with Gasteiger partial charge in [-0.1, -0.05) is 318 Å². The fourth-order valence-electron chi connectivity index (χ4n) is 10.9. The fraction of sp³-hybridized carbons (Fsp3) is 0.944. The van der Waals surface area contributed by atoms with Gasteiger partial charge in [-0.3, -0.25) is 37.3 Å². The molecule has 0 aromatic rings. The van der Waals surface area contributed by atoms with Crippen molar-refractivity contribution in [1.29, 1.82) is 0 Å². The van der Waals surface area contributed by atoms with Crippen molar-refractivity contribution in [3.8, 4) is 0 Å². The molecule has 0 rings (SSSR count). The second-order valence-electron chi connectivity index (χ2n) is 26.9. The molecule has 2 unspecified atom stereocenters. The lowest BCUT2D eigenvalue weighted by Gasteiger charge is -2.21. The summed E-state index contributed by atoms with van der Waals surface area (Å²) in [6.45, 7) is 9.54.